The highest BCUT2D eigenvalue weighted by molar-refractivity contribution is 5.68. The van der Waals surface area contributed by atoms with Crippen LogP contribution in [0.25, 0.3) is 0 Å². The van der Waals surface area contributed by atoms with Gasteiger partial charge in [0.2, 0.25) is 0 Å². The fraction of sp³-hybridized carbons (Fsp3) is 0.917. The molecule has 0 aromatic rings. The van der Waals surface area contributed by atoms with E-state index in [1.54, 1.807) is 4.90 Å². The van der Waals surface area contributed by atoms with Gasteiger partial charge < -0.3 is 15.0 Å². The Morgan fingerprint density at radius 1 is 1.38 bits per heavy atom. The molecule has 96 valence electrons. The molecule has 1 N–H and O–H groups in total. The molecule has 1 aliphatic rings. The maximum absolute atomic E-state index is 11.7. The van der Waals surface area contributed by atoms with E-state index in [9.17, 15) is 4.79 Å². The quantitative estimate of drug-likeness (QED) is 0.694. The minimum Gasteiger partial charge on any atom is -0.444 e. The summed E-state index contributed by atoms with van der Waals surface area (Å²) in [7, 11) is 0. The lowest BCUT2D eigenvalue weighted by atomic mass is 10.2. The van der Waals surface area contributed by atoms with Crippen molar-refractivity contribution < 1.29 is 9.53 Å². The number of hydrogen-bond donors (Lipinski definition) is 1. The van der Waals surface area contributed by atoms with Crippen molar-refractivity contribution in [2.45, 2.75) is 53.2 Å². The van der Waals surface area contributed by atoms with Crippen molar-refractivity contribution in [2.24, 2.45) is 0 Å². The van der Waals surface area contributed by atoms with Crippen LogP contribution in [0.1, 0.15) is 41.5 Å². The third kappa shape index (κ3) is 5.35. The van der Waals surface area contributed by atoms with Gasteiger partial charge in [-0.3, -0.25) is 0 Å². The molecule has 0 bridgehead atoms. The van der Waals surface area contributed by atoms with Crippen LogP contribution in [0.2, 0.25) is 0 Å². The molecule has 1 aliphatic heterocycles. The third-order valence-corrected chi connectivity index (χ3v) is 2.13. The summed E-state index contributed by atoms with van der Waals surface area (Å²) in [6, 6.07) is 0.221. The number of hydrogen-bond acceptors (Lipinski definition) is 3. The van der Waals surface area contributed by atoms with Crippen LogP contribution in [0.5, 0.6) is 0 Å². The van der Waals surface area contributed by atoms with Gasteiger partial charge in [-0.15, -0.1) is 0 Å². The van der Waals surface area contributed by atoms with Gasteiger partial charge >= 0.3 is 6.09 Å². The summed E-state index contributed by atoms with van der Waals surface area (Å²) in [5.74, 6) is 0. The second kappa shape index (κ2) is 6.74. The highest BCUT2D eigenvalue weighted by Crippen LogP contribution is 2.12. The fourth-order valence-corrected chi connectivity index (χ4v) is 1.43. The van der Waals surface area contributed by atoms with Crippen LogP contribution in [0.15, 0.2) is 0 Å². The first-order chi connectivity index (χ1) is 7.40. The van der Waals surface area contributed by atoms with Crippen molar-refractivity contribution in [2.75, 3.05) is 19.6 Å². The molecule has 1 fully saturated rings. The molecule has 1 saturated heterocycles. The normalized spacial score (nSPS) is 20.9. The number of piperazine rings is 1. The summed E-state index contributed by atoms with van der Waals surface area (Å²) in [6.45, 7) is 14.1. The van der Waals surface area contributed by atoms with Crippen molar-refractivity contribution in [1.82, 2.24) is 10.2 Å². The summed E-state index contributed by atoms with van der Waals surface area (Å²) in [5.41, 5.74) is -0.401. The van der Waals surface area contributed by atoms with Crippen molar-refractivity contribution in [3.05, 3.63) is 0 Å². The Balaban J connectivity index is 0.00000106. The number of ether oxygens (including phenoxy) is 1. The van der Waals surface area contributed by atoms with E-state index in [-0.39, 0.29) is 12.1 Å². The summed E-state index contributed by atoms with van der Waals surface area (Å²) in [5, 5.41) is 3.23. The minimum atomic E-state index is -0.401. The van der Waals surface area contributed by atoms with Crippen molar-refractivity contribution in [3.63, 3.8) is 0 Å². The molecule has 0 spiro atoms. The first-order valence-electron chi connectivity index (χ1n) is 6.10. The zero-order valence-corrected chi connectivity index (χ0v) is 11.5. The van der Waals surface area contributed by atoms with E-state index in [0.29, 0.717) is 0 Å². The molecule has 4 nitrogen and oxygen atoms in total. The average Bonchev–Trinajstić information content (AvgIpc) is 2.18. The van der Waals surface area contributed by atoms with Crippen LogP contribution in [0, 0.1) is 0 Å². The Bertz CT molecular complexity index is 212. The van der Waals surface area contributed by atoms with Crippen LogP contribution in [-0.4, -0.2) is 42.3 Å². The molecule has 1 rings (SSSR count). The van der Waals surface area contributed by atoms with Gasteiger partial charge in [-0.25, -0.2) is 4.79 Å². The van der Waals surface area contributed by atoms with E-state index in [1.807, 2.05) is 41.5 Å². The van der Waals surface area contributed by atoms with Crippen molar-refractivity contribution >= 4 is 6.09 Å². The number of rotatable bonds is 0. The Kier molecular flexibility index (Phi) is 6.41. The SMILES string of the molecule is CC.CC1CNCCN1C(=O)OC(C)(C)C. The molecule has 4 heteroatoms. The molecule has 0 radical (unpaired) electrons. The monoisotopic (exact) mass is 230 g/mol. The highest BCUT2D eigenvalue weighted by Gasteiger charge is 2.27. The Morgan fingerprint density at radius 2 is 1.94 bits per heavy atom. The third-order valence-electron chi connectivity index (χ3n) is 2.13. The first kappa shape index (κ1) is 15.2. The van der Waals surface area contributed by atoms with Gasteiger partial charge in [-0.05, 0) is 27.7 Å². The lowest BCUT2D eigenvalue weighted by molar-refractivity contribution is 0.0141. The Labute approximate surface area is 99.3 Å². The fourth-order valence-electron chi connectivity index (χ4n) is 1.43. The maximum Gasteiger partial charge on any atom is 0.410 e. The Morgan fingerprint density at radius 3 is 2.38 bits per heavy atom. The summed E-state index contributed by atoms with van der Waals surface area (Å²) >= 11 is 0. The maximum atomic E-state index is 11.7. The lowest BCUT2D eigenvalue weighted by Gasteiger charge is -2.35. The predicted molar refractivity (Wildman–Crippen MR) is 66.6 cm³/mol. The summed E-state index contributed by atoms with van der Waals surface area (Å²) < 4.78 is 5.31. The summed E-state index contributed by atoms with van der Waals surface area (Å²) in [6.07, 6.45) is -0.202. The van der Waals surface area contributed by atoms with E-state index in [1.165, 1.54) is 0 Å². The smallest absolute Gasteiger partial charge is 0.410 e. The molecule has 0 aromatic carbocycles. The van der Waals surface area contributed by atoms with E-state index >= 15 is 0 Å². The molecule has 1 unspecified atom stereocenters. The van der Waals surface area contributed by atoms with Crippen molar-refractivity contribution in [3.8, 4) is 0 Å². The van der Waals surface area contributed by atoms with Crippen LogP contribution in [0.4, 0.5) is 4.79 Å². The van der Waals surface area contributed by atoms with Gasteiger partial charge in [0.25, 0.3) is 0 Å². The standard InChI is InChI=1S/C10H20N2O2.C2H6/c1-8-7-11-5-6-12(8)9(13)14-10(2,3)4;1-2/h8,11H,5-7H2,1-4H3;1-2H3. The van der Waals surface area contributed by atoms with Gasteiger partial charge in [-0.1, -0.05) is 13.8 Å². The van der Waals surface area contributed by atoms with E-state index in [0.717, 1.165) is 19.6 Å². The molecule has 0 aromatic heterocycles. The zero-order chi connectivity index (χ0) is 12.8. The number of carbonyl (C=O) groups is 1. The molecule has 0 aliphatic carbocycles. The molecule has 1 heterocycles. The van der Waals surface area contributed by atoms with Gasteiger partial charge in [-0.2, -0.15) is 0 Å². The van der Waals surface area contributed by atoms with E-state index in [2.05, 4.69) is 5.32 Å². The van der Waals surface area contributed by atoms with E-state index in [4.69, 9.17) is 4.74 Å². The highest BCUT2D eigenvalue weighted by atomic mass is 16.6. The molecule has 1 atom stereocenters. The van der Waals surface area contributed by atoms with Gasteiger partial charge in [0.15, 0.2) is 0 Å². The molecular weight excluding hydrogens is 204 g/mol. The second-order valence-electron chi connectivity index (χ2n) is 4.73. The van der Waals surface area contributed by atoms with Crippen LogP contribution >= 0.6 is 0 Å². The van der Waals surface area contributed by atoms with Crippen LogP contribution in [-0.2, 0) is 4.74 Å². The van der Waals surface area contributed by atoms with Crippen LogP contribution in [0.3, 0.4) is 0 Å². The van der Waals surface area contributed by atoms with Crippen molar-refractivity contribution in [1.29, 1.82) is 0 Å². The van der Waals surface area contributed by atoms with Gasteiger partial charge in [0.05, 0.1) is 0 Å². The predicted octanol–water partition coefficient (Wildman–Crippen LogP) is 2.24. The topological polar surface area (TPSA) is 41.6 Å². The molecular formula is C12H26N2O2. The van der Waals surface area contributed by atoms with Gasteiger partial charge in [0.1, 0.15) is 5.60 Å². The lowest BCUT2D eigenvalue weighted by Crippen LogP contribution is -2.53. The van der Waals surface area contributed by atoms with Gasteiger partial charge in [0, 0.05) is 25.7 Å². The Hall–Kier alpha value is -0.770. The van der Waals surface area contributed by atoms with Crippen LogP contribution < -0.4 is 5.32 Å². The zero-order valence-electron chi connectivity index (χ0n) is 11.5. The largest absolute Gasteiger partial charge is 0.444 e. The number of nitrogens with zero attached hydrogens (tertiary/aromatic N) is 1. The molecule has 16 heavy (non-hydrogen) atoms. The first-order valence-corrected chi connectivity index (χ1v) is 6.10. The summed E-state index contributed by atoms with van der Waals surface area (Å²) in [4.78, 5) is 13.5. The number of carbonyl (C=O) groups excluding carboxylic acids is 1. The molecule has 1 amide bonds. The minimum absolute atomic E-state index is 0.202. The second-order valence-corrected chi connectivity index (χ2v) is 4.73. The number of amides is 1. The molecule has 0 saturated carbocycles. The number of nitrogens with one attached hydrogen (secondary N) is 1. The average molecular weight is 230 g/mol. The van der Waals surface area contributed by atoms with E-state index < -0.39 is 5.60 Å².